The van der Waals surface area contributed by atoms with Crippen molar-refractivity contribution in [1.82, 2.24) is 0 Å². The van der Waals surface area contributed by atoms with Gasteiger partial charge in [-0.25, -0.2) is 0 Å². The summed E-state index contributed by atoms with van der Waals surface area (Å²) < 4.78 is 5.99. The van der Waals surface area contributed by atoms with Crippen molar-refractivity contribution >= 4 is 5.97 Å². The van der Waals surface area contributed by atoms with E-state index in [1.807, 2.05) is 0 Å². The van der Waals surface area contributed by atoms with Crippen LogP contribution in [0.4, 0.5) is 0 Å². The number of esters is 1. The topological polar surface area (TPSA) is 26.3 Å². The molecule has 0 saturated carbocycles. The van der Waals surface area contributed by atoms with Gasteiger partial charge in [0.1, 0.15) is 13.2 Å². The number of quaternary nitrogens is 1. The smallest absolute Gasteiger partial charge is 0.302 e. The Bertz CT molecular complexity index is 283. The quantitative estimate of drug-likeness (QED) is 0.223. The van der Waals surface area contributed by atoms with Crippen LogP contribution in [0.1, 0.15) is 90.9 Å². The van der Waals surface area contributed by atoms with E-state index in [0.717, 1.165) is 11.0 Å². The molecule has 0 unspecified atom stereocenters. The lowest BCUT2D eigenvalue weighted by atomic mass is 10.1. The zero-order chi connectivity index (χ0) is 17.4. The van der Waals surface area contributed by atoms with E-state index in [-0.39, 0.29) is 23.0 Å². The fourth-order valence-corrected chi connectivity index (χ4v) is 2.93. The lowest BCUT2D eigenvalue weighted by Gasteiger charge is -2.29. The van der Waals surface area contributed by atoms with E-state index in [9.17, 15) is 4.79 Å². The molecule has 0 aromatic carbocycles. The summed E-state index contributed by atoms with van der Waals surface area (Å²) in [6, 6.07) is 0. The third kappa shape index (κ3) is 20.0. The van der Waals surface area contributed by atoms with Crippen molar-refractivity contribution in [3.63, 3.8) is 0 Å². The molecular formula is C20H42BrNO2. The van der Waals surface area contributed by atoms with Crippen LogP contribution in [0.25, 0.3) is 0 Å². The van der Waals surface area contributed by atoms with Crippen molar-refractivity contribution in [1.29, 1.82) is 0 Å². The van der Waals surface area contributed by atoms with Crippen molar-refractivity contribution in [3.8, 4) is 0 Å². The van der Waals surface area contributed by atoms with E-state index in [1.54, 1.807) is 0 Å². The molecule has 0 rings (SSSR count). The third-order valence-electron chi connectivity index (χ3n) is 4.62. The molecule has 0 aliphatic carbocycles. The maximum absolute atomic E-state index is 10.8. The summed E-state index contributed by atoms with van der Waals surface area (Å²) in [4.78, 5) is 10.8. The van der Waals surface area contributed by atoms with Gasteiger partial charge < -0.3 is 26.2 Å². The predicted molar refractivity (Wildman–Crippen MR) is 99.6 cm³/mol. The molecule has 0 radical (unpaired) electrons. The van der Waals surface area contributed by atoms with Crippen molar-refractivity contribution < 1.29 is 31.0 Å². The zero-order valence-corrected chi connectivity index (χ0v) is 18.3. The molecule has 0 fully saturated rings. The molecule has 0 aliphatic heterocycles. The molecular weight excluding hydrogens is 366 g/mol. The maximum atomic E-state index is 10.8. The van der Waals surface area contributed by atoms with Crippen molar-refractivity contribution in [2.75, 3.05) is 33.8 Å². The van der Waals surface area contributed by atoms with E-state index in [0.29, 0.717) is 6.61 Å². The highest BCUT2D eigenvalue weighted by atomic mass is 79.9. The van der Waals surface area contributed by atoms with Gasteiger partial charge in [0.05, 0.1) is 20.6 Å². The van der Waals surface area contributed by atoms with Crippen LogP contribution >= 0.6 is 0 Å². The predicted octanol–water partition coefficient (Wildman–Crippen LogP) is 2.33. The Balaban J connectivity index is 0. The molecule has 0 amide bonds. The fraction of sp³-hybridized carbons (Fsp3) is 0.950. The summed E-state index contributed by atoms with van der Waals surface area (Å²) in [5, 5.41) is 0. The summed E-state index contributed by atoms with van der Waals surface area (Å²) >= 11 is 0. The minimum Gasteiger partial charge on any atom is -1.00 e. The molecule has 0 aliphatic rings. The van der Waals surface area contributed by atoms with Crippen molar-refractivity contribution in [2.24, 2.45) is 0 Å². The largest absolute Gasteiger partial charge is 1.00 e. The number of hydrogen-bond donors (Lipinski definition) is 0. The Hall–Kier alpha value is -0.0900. The van der Waals surface area contributed by atoms with Gasteiger partial charge in [0.2, 0.25) is 0 Å². The minimum atomic E-state index is -0.171. The second-order valence-corrected chi connectivity index (χ2v) is 7.61. The SMILES string of the molecule is CCCCCCCCCCCCCC[N+](C)(C)CCOC(C)=O.[Br-]. The molecule has 0 spiro atoms. The first kappa shape index (κ1) is 26.1. The van der Waals surface area contributed by atoms with Gasteiger partial charge in [-0.2, -0.15) is 0 Å². The van der Waals surface area contributed by atoms with Crippen LogP contribution in [-0.4, -0.2) is 44.2 Å². The molecule has 3 nitrogen and oxygen atoms in total. The zero-order valence-electron chi connectivity index (χ0n) is 16.7. The Morgan fingerprint density at radius 2 is 1.17 bits per heavy atom. The number of rotatable bonds is 16. The van der Waals surface area contributed by atoms with Gasteiger partial charge in [0.25, 0.3) is 0 Å². The highest BCUT2D eigenvalue weighted by molar-refractivity contribution is 5.65. The van der Waals surface area contributed by atoms with Gasteiger partial charge >= 0.3 is 5.97 Å². The van der Waals surface area contributed by atoms with Gasteiger partial charge in [-0.05, 0) is 12.8 Å². The van der Waals surface area contributed by atoms with E-state index in [2.05, 4.69) is 21.0 Å². The molecule has 0 aromatic rings. The first-order chi connectivity index (χ1) is 11.0. The normalized spacial score (nSPS) is 11.2. The Morgan fingerprint density at radius 3 is 1.58 bits per heavy atom. The molecule has 4 heteroatoms. The Morgan fingerprint density at radius 1 is 0.750 bits per heavy atom. The first-order valence-electron chi connectivity index (χ1n) is 9.93. The van der Waals surface area contributed by atoms with Gasteiger partial charge in [-0.15, -0.1) is 0 Å². The third-order valence-corrected chi connectivity index (χ3v) is 4.62. The van der Waals surface area contributed by atoms with Crippen LogP contribution in [0.15, 0.2) is 0 Å². The molecule has 0 bridgehead atoms. The highest BCUT2D eigenvalue weighted by Gasteiger charge is 2.14. The Kier molecular flexibility index (Phi) is 19.3. The fourth-order valence-electron chi connectivity index (χ4n) is 2.93. The summed E-state index contributed by atoms with van der Waals surface area (Å²) in [5.74, 6) is -0.171. The van der Waals surface area contributed by atoms with Gasteiger partial charge in [0, 0.05) is 6.92 Å². The van der Waals surface area contributed by atoms with E-state index in [4.69, 9.17) is 4.74 Å². The van der Waals surface area contributed by atoms with Gasteiger partial charge in [-0.1, -0.05) is 71.1 Å². The lowest BCUT2D eigenvalue weighted by molar-refractivity contribution is -0.890. The number of likely N-dealkylation sites (N-methyl/N-ethyl adjacent to an activating group) is 1. The average Bonchev–Trinajstić information content (AvgIpc) is 2.47. The van der Waals surface area contributed by atoms with Crippen LogP contribution in [0, 0.1) is 0 Å². The molecule has 0 heterocycles. The number of carbonyl (C=O) groups is 1. The number of nitrogens with zero attached hydrogens (tertiary/aromatic N) is 1. The number of ether oxygens (including phenoxy) is 1. The molecule has 0 N–H and O–H groups in total. The summed E-state index contributed by atoms with van der Waals surface area (Å²) in [6.45, 7) is 6.39. The average molecular weight is 408 g/mol. The second kappa shape index (κ2) is 17.7. The minimum absolute atomic E-state index is 0. The van der Waals surface area contributed by atoms with Crippen molar-refractivity contribution in [2.45, 2.75) is 90.9 Å². The van der Waals surface area contributed by atoms with Crippen LogP contribution in [0.3, 0.4) is 0 Å². The van der Waals surface area contributed by atoms with E-state index < -0.39 is 0 Å². The molecule has 146 valence electrons. The van der Waals surface area contributed by atoms with Crippen LogP contribution in [-0.2, 0) is 9.53 Å². The number of hydrogen-bond acceptors (Lipinski definition) is 2. The van der Waals surface area contributed by atoms with Crippen LogP contribution < -0.4 is 17.0 Å². The maximum Gasteiger partial charge on any atom is 0.302 e. The molecule has 0 atom stereocenters. The second-order valence-electron chi connectivity index (χ2n) is 7.61. The number of unbranched alkanes of at least 4 members (excludes halogenated alkanes) is 11. The molecule has 24 heavy (non-hydrogen) atoms. The van der Waals surface area contributed by atoms with E-state index >= 15 is 0 Å². The monoisotopic (exact) mass is 407 g/mol. The van der Waals surface area contributed by atoms with Crippen LogP contribution in [0.2, 0.25) is 0 Å². The number of carbonyl (C=O) groups excluding carboxylic acids is 1. The number of halogens is 1. The molecule has 0 saturated heterocycles. The van der Waals surface area contributed by atoms with Crippen LogP contribution in [0.5, 0.6) is 0 Å². The summed E-state index contributed by atoms with van der Waals surface area (Å²) in [6.07, 6.45) is 16.7. The lowest BCUT2D eigenvalue weighted by Crippen LogP contribution is -3.00. The van der Waals surface area contributed by atoms with E-state index in [1.165, 1.54) is 90.5 Å². The van der Waals surface area contributed by atoms with Gasteiger partial charge in [0.15, 0.2) is 0 Å². The molecule has 0 aromatic heterocycles. The standard InChI is InChI=1S/C20H42NO2.BrH/c1-5-6-7-8-9-10-11-12-13-14-15-16-17-21(3,4)18-19-23-20(2)22;/h5-19H2,1-4H3;1H/q+1;/p-1. The Labute approximate surface area is 161 Å². The summed E-state index contributed by atoms with van der Waals surface area (Å²) in [7, 11) is 4.45. The first-order valence-corrected chi connectivity index (χ1v) is 9.93. The van der Waals surface area contributed by atoms with Gasteiger partial charge in [-0.3, -0.25) is 4.79 Å². The highest BCUT2D eigenvalue weighted by Crippen LogP contribution is 2.12. The van der Waals surface area contributed by atoms with Crippen molar-refractivity contribution in [3.05, 3.63) is 0 Å². The summed E-state index contributed by atoms with van der Waals surface area (Å²) in [5.41, 5.74) is 0.